The molecule has 1 aromatic carbocycles. The van der Waals surface area contributed by atoms with Crippen molar-refractivity contribution in [2.24, 2.45) is 5.73 Å². The summed E-state index contributed by atoms with van der Waals surface area (Å²) in [7, 11) is 0. The molecule has 1 heterocycles. The predicted molar refractivity (Wildman–Crippen MR) is 85.6 cm³/mol. The van der Waals surface area contributed by atoms with Crippen molar-refractivity contribution in [3.05, 3.63) is 47.3 Å². The normalized spacial score (nSPS) is 13.3. The highest BCUT2D eigenvalue weighted by Gasteiger charge is 2.22. The average molecular weight is 301 g/mol. The van der Waals surface area contributed by atoms with Crippen LogP contribution in [0.2, 0.25) is 0 Å². The lowest BCUT2D eigenvalue weighted by molar-refractivity contribution is -0.117. The molecule has 0 saturated carbocycles. The van der Waals surface area contributed by atoms with Crippen molar-refractivity contribution in [1.82, 2.24) is 9.78 Å². The summed E-state index contributed by atoms with van der Waals surface area (Å²) < 4.78 is 2.09. The molecule has 2 N–H and O–H groups in total. The fourth-order valence-corrected chi connectivity index (χ4v) is 3.67. The summed E-state index contributed by atoms with van der Waals surface area (Å²) in [5, 5.41) is 4.80. The SMILES string of the molecule is NC(=O)CCSCc1nn(-c2ccccc2)c2c1CCC2. The van der Waals surface area contributed by atoms with Crippen LogP contribution in [0, 0.1) is 0 Å². The smallest absolute Gasteiger partial charge is 0.218 e. The zero-order valence-corrected chi connectivity index (χ0v) is 12.7. The minimum atomic E-state index is -0.234. The Balaban J connectivity index is 1.78. The van der Waals surface area contributed by atoms with E-state index in [-0.39, 0.29) is 5.91 Å². The molecule has 3 rings (SSSR count). The fourth-order valence-electron chi connectivity index (χ4n) is 2.75. The molecule has 1 aliphatic rings. The lowest BCUT2D eigenvalue weighted by atomic mass is 10.2. The lowest BCUT2D eigenvalue weighted by Gasteiger charge is -2.04. The number of hydrogen-bond donors (Lipinski definition) is 1. The van der Waals surface area contributed by atoms with Crippen molar-refractivity contribution in [2.45, 2.75) is 31.4 Å². The van der Waals surface area contributed by atoms with E-state index in [1.807, 2.05) is 18.2 Å². The van der Waals surface area contributed by atoms with Crippen LogP contribution in [0.5, 0.6) is 0 Å². The van der Waals surface area contributed by atoms with Crippen LogP contribution in [0.25, 0.3) is 5.69 Å². The second-order valence-corrected chi connectivity index (χ2v) is 6.35. The average Bonchev–Trinajstić information content (AvgIpc) is 3.07. The summed E-state index contributed by atoms with van der Waals surface area (Å²) in [6, 6.07) is 10.3. The van der Waals surface area contributed by atoms with Gasteiger partial charge in [0.1, 0.15) is 0 Å². The van der Waals surface area contributed by atoms with Gasteiger partial charge >= 0.3 is 0 Å². The van der Waals surface area contributed by atoms with E-state index in [4.69, 9.17) is 10.8 Å². The van der Waals surface area contributed by atoms with Crippen molar-refractivity contribution in [2.75, 3.05) is 5.75 Å². The molecule has 0 bridgehead atoms. The maximum atomic E-state index is 10.8. The number of amides is 1. The second-order valence-electron chi connectivity index (χ2n) is 5.24. The van der Waals surface area contributed by atoms with Gasteiger partial charge in [-0.3, -0.25) is 4.79 Å². The number of nitrogens with two attached hydrogens (primary N) is 1. The van der Waals surface area contributed by atoms with Gasteiger partial charge in [-0.2, -0.15) is 16.9 Å². The van der Waals surface area contributed by atoms with E-state index >= 15 is 0 Å². The highest BCUT2D eigenvalue weighted by Crippen LogP contribution is 2.29. The number of benzene rings is 1. The third-order valence-electron chi connectivity index (χ3n) is 3.75. The largest absolute Gasteiger partial charge is 0.370 e. The van der Waals surface area contributed by atoms with Crippen LogP contribution >= 0.6 is 11.8 Å². The highest BCUT2D eigenvalue weighted by atomic mass is 32.2. The number of hydrogen-bond acceptors (Lipinski definition) is 3. The first-order valence-electron chi connectivity index (χ1n) is 7.27. The summed E-state index contributed by atoms with van der Waals surface area (Å²) in [6.07, 6.45) is 3.86. The number of rotatable bonds is 6. The molecule has 1 aliphatic carbocycles. The minimum Gasteiger partial charge on any atom is -0.370 e. The van der Waals surface area contributed by atoms with Gasteiger partial charge in [0.05, 0.1) is 11.4 Å². The summed E-state index contributed by atoms with van der Waals surface area (Å²) in [6.45, 7) is 0. The van der Waals surface area contributed by atoms with Crippen LogP contribution < -0.4 is 5.73 Å². The molecule has 0 spiro atoms. The van der Waals surface area contributed by atoms with Gasteiger partial charge in [-0.1, -0.05) is 18.2 Å². The molecule has 1 aromatic heterocycles. The number of thioether (sulfide) groups is 1. The summed E-state index contributed by atoms with van der Waals surface area (Å²) in [5.74, 6) is 1.39. The Morgan fingerprint density at radius 2 is 2.10 bits per heavy atom. The van der Waals surface area contributed by atoms with E-state index in [0.717, 1.165) is 30.0 Å². The molecule has 1 amide bonds. The predicted octanol–water partition coefficient (Wildman–Crippen LogP) is 2.47. The number of carbonyl (C=O) groups is 1. The molecule has 21 heavy (non-hydrogen) atoms. The molecule has 0 atom stereocenters. The van der Waals surface area contributed by atoms with E-state index < -0.39 is 0 Å². The van der Waals surface area contributed by atoms with E-state index in [0.29, 0.717) is 6.42 Å². The molecule has 0 unspecified atom stereocenters. The number of fused-ring (bicyclic) bond motifs is 1. The van der Waals surface area contributed by atoms with E-state index in [1.165, 1.54) is 23.4 Å². The number of para-hydroxylation sites is 1. The Bertz CT molecular complexity index is 636. The van der Waals surface area contributed by atoms with Crippen molar-refractivity contribution in [3.8, 4) is 5.69 Å². The van der Waals surface area contributed by atoms with Gasteiger partial charge in [0.2, 0.25) is 5.91 Å². The second kappa shape index (κ2) is 6.35. The monoisotopic (exact) mass is 301 g/mol. The van der Waals surface area contributed by atoms with Gasteiger partial charge in [0.15, 0.2) is 0 Å². The Kier molecular flexibility index (Phi) is 4.29. The topological polar surface area (TPSA) is 60.9 Å². The zero-order chi connectivity index (χ0) is 14.7. The van der Waals surface area contributed by atoms with Gasteiger partial charge in [-0.25, -0.2) is 4.68 Å². The zero-order valence-electron chi connectivity index (χ0n) is 11.9. The van der Waals surface area contributed by atoms with E-state index in [2.05, 4.69) is 16.8 Å². The van der Waals surface area contributed by atoms with Gasteiger partial charge < -0.3 is 5.73 Å². The minimum absolute atomic E-state index is 0.234. The molecule has 0 radical (unpaired) electrons. The highest BCUT2D eigenvalue weighted by molar-refractivity contribution is 7.98. The molecular formula is C16H19N3OS. The van der Waals surface area contributed by atoms with Crippen LogP contribution in [-0.2, 0) is 23.4 Å². The van der Waals surface area contributed by atoms with E-state index in [1.54, 1.807) is 11.8 Å². The van der Waals surface area contributed by atoms with Crippen LogP contribution in [-0.4, -0.2) is 21.4 Å². The van der Waals surface area contributed by atoms with Crippen molar-refractivity contribution < 1.29 is 4.79 Å². The maximum Gasteiger partial charge on any atom is 0.218 e. The van der Waals surface area contributed by atoms with Gasteiger partial charge in [-0.15, -0.1) is 0 Å². The van der Waals surface area contributed by atoms with E-state index in [9.17, 15) is 4.79 Å². The first-order valence-corrected chi connectivity index (χ1v) is 8.42. The molecule has 110 valence electrons. The Morgan fingerprint density at radius 1 is 1.29 bits per heavy atom. The summed E-state index contributed by atoms with van der Waals surface area (Å²) in [5.41, 5.74) is 10.2. The van der Waals surface area contributed by atoms with Crippen molar-refractivity contribution in [3.63, 3.8) is 0 Å². The maximum absolute atomic E-state index is 10.8. The Labute approximate surface area is 128 Å². The Morgan fingerprint density at radius 3 is 2.86 bits per heavy atom. The van der Waals surface area contributed by atoms with Gasteiger partial charge in [0, 0.05) is 23.6 Å². The van der Waals surface area contributed by atoms with Gasteiger partial charge in [0.25, 0.3) is 0 Å². The van der Waals surface area contributed by atoms with Crippen LogP contribution in [0.1, 0.15) is 29.8 Å². The Hall–Kier alpha value is -1.75. The lowest BCUT2D eigenvalue weighted by Crippen LogP contribution is -2.11. The standard InChI is InChI=1S/C16H19N3OS/c17-16(20)9-10-21-11-14-13-7-4-8-15(13)19(18-14)12-5-2-1-3-6-12/h1-3,5-6H,4,7-11H2,(H2,17,20). The molecule has 0 fully saturated rings. The number of aromatic nitrogens is 2. The summed E-state index contributed by atoms with van der Waals surface area (Å²) in [4.78, 5) is 10.8. The molecule has 2 aromatic rings. The molecule has 0 saturated heterocycles. The first kappa shape index (κ1) is 14.2. The third-order valence-corrected chi connectivity index (χ3v) is 4.72. The quantitative estimate of drug-likeness (QED) is 0.834. The van der Waals surface area contributed by atoms with Crippen LogP contribution in [0.3, 0.4) is 0 Å². The number of nitrogens with zero attached hydrogens (tertiary/aromatic N) is 2. The molecule has 0 aliphatic heterocycles. The molecule has 5 heteroatoms. The fraction of sp³-hybridized carbons (Fsp3) is 0.375. The number of primary amides is 1. The molecule has 4 nitrogen and oxygen atoms in total. The first-order chi connectivity index (χ1) is 10.3. The molecular weight excluding hydrogens is 282 g/mol. The van der Waals surface area contributed by atoms with Gasteiger partial charge in [-0.05, 0) is 37.0 Å². The number of carbonyl (C=O) groups excluding carboxylic acids is 1. The summed E-state index contributed by atoms with van der Waals surface area (Å²) >= 11 is 1.73. The third kappa shape index (κ3) is 3.13. The van der Waals surface area contributed by atoms with Crippen molar-refractivity contribution in [1.29, 1.82) is 0 Å². The van der Waals surface area contributed by atoms with Crippen LogP contribution in [0.4, 0.5) is 0 Å². The van der Waals surface area contributed by atoms with Crippen molar-refractivity contribution >= 4 is 17.7 Å². The van der Waals surface area contributed by atoms with Crippen LogP contribution in [0.15, 0.2) is 30.3 Å².